The van der Waals surface area contributed by atoms with E-state index in [1.807, 2.05) is 6.07 Å². The molecule has 2 heterocycles. The van der Waals surface area contributed by atoms with Crippen LogP contribution in [-0.4, -0.2) is 79.4 Å². The summed E-state index contributed by atoms with van der Waals surface area (Å²) in [7, 11) is -1.30. The van der Waals surface area contributed by atoms with E-state index >= 15 is 0 Å². The summed E-state index contributed by atoms with van der Waals surface area (Å²) < 4.78 is 17.9. The lowest BCUT2D eigenvalue weighted by molar-refractivity contribution is -0.125. The average molecular weight is 605 g/mol. The fourth-order valence-electron chi connectivity index (χ4n) is 6.08. The number of piperidine rings is 1. The van der Waals surface area contributed by atoms with Crippen molar-refractivity contribution in [3.05, 3.63) is 35.9 Å². The largest absolute Gasteiger partial charge is 0.444 e. The minimum atomic E-state index is -1.30. The minimum absolute atomic E-state index is 0.00396. The van der Waals surface area contributed by atoms with Crippen molar-refractivity contribution in [1.29, 1.82) is 0 Å². The number of carbonyl (C=O) groups excluding carboxylic acids is 2. The van der Waals surface area contributed by atoms with Crippen LogP contribution in [0.5, 0.6) is 0 Å². The SMILES string of the molecule is CC(C)(C)OC(=O)N1CS(=O)C[C@H]1C(=O)N[C@H](CCC1CCCCC1)C(=S)NC1CCN(Cc2ccccc2)CC1. The number of thiocarbonyl (C=S) groups is 1. The molecule has 8 nitrogen and oxygen atoms in total. The summed E-state index contributed by atoms with van der Waals surface area (Å²) >= 11 is 5.92. The van der Waals surface area contributed by atoms with Gasteiger partial charge in [-0.15, -0.1) is 0 Å². The van der Waals surface area contributed by atoms with E-state index in [4.69, 9.17) is 17.0 Å². The lowest BCUT2D eigenvalue weighted by atomic mass is 9.85. The van der Waals surface area contributed by atoms with Gasteiger partial charge >= 0.3 is 6.09 Å². The smallest absolute Gasteiger partial charge is 0.411 e. The summed E-state index contributed by atoms with van der Waals surface area (Å²) in [5.74, 6) is 0.464. The van der Waals surface area contributed by atoms with Gasteiger partial charge < -0.3 is 15.4 Å². The number of hydrogen-bond donors (Lipinski definition) is 2. The molecule has 2 N–H and O–H groups in total. The third kappa shape index (κ3) is 10.0. The number of carbonyl (C=O) groups is 2. The van der Waals surface area contributed by atoms with E-state index in [2.05, 4.69) is 39.8 Å². The van der Waals surface area contributed by atoms with Crippen LogP contribution in [0, 0.1) is 5.92 Å². The van der Waals surface area contributed by atoms with Crippen molar-refractivity contribution in [1.82, 2.24) is 20.4 Å². The first-order valence-corrected chi connectivity index (χ1v) is 17.2. The summed E-state index contributed by atoms with van der Waals surface area (Å²) in [4.78, 5) is 30.8. The van der Waals surface area contributed by atoms with E-state index in [0.29, 0.717) is 10.9 Å². The Balaban J connectivity index is 1.36. The average Bonchev–Trinajstić information content (AvgIpc) is 3.34. The fourth-order valence-corrected chi connectivity index (χ4v) is 7.80. The molecule has 3 atom stereocenters. The van der Waals surface area contributed by atoms with Gasteiger partial charge in [0.1, 0.15) is 17.5 Å². The zero-order valence-corrected chi connectivity index (χ0v) is 26.6. The third-order valence-corrected chi connectivity index (χ3v) is 9.99. The van der Waals surface area contributed by atoms with Gasteiger partial charge in [0.05, 0.1) is 16.8 Å². The highest BCUT2D eigenvalue weighted by molar-refractivity contribution is 7.85. The second-order valence-corrected chi connectivity index (χ2v) is 14.8. The Morgan fingerprint density at radius 1 is 1.07 bits per heavy atom. The molecule has 41 heavy (non-hydrogen) atoms. The molecule has 1 saturated carbocycles. The maximum atomic E-state index is 13.6. The van der Waals surface area contributed by atoms with Crippen molar-refractivity contribution in [2.75, 3.05) is 24.7 Å². The van der Waals surface area contributed by atoms with Gasteiger partial charge in [0.2, 0.25) is 5.91 Å². The van der Waals surface area contributed by atoms with Crippen molar-refractivity contribution in [2.45, 2.75) is 109 Å². The van der Waals surface area contributed by atoms with Gasteiger partial charge in [-0.05, 0) is 57.9 Å². The van der Waals surface area contributed by atoms with Crippen LogP contribution in [0.2, 0.25) is 0 Å². The topological polar surface area (TPSA) is 91.0 Å². The molecule has 1 unspecified atom stereocenters. The van der Waals surface area contributed by atoms with Gasteiger partial charge in [-0.25, -0.2) is 4.79 Å². The molecule has 10 heteroatoms. The Morgan fingerprint density at radius 2 is 1.76 bits per heavy atom. The number of ether oxygens (including phenoxy) is 1. The summed E-state index contributed by atoms with van der Waals surface area (Å²) in [5.41, 5.74) is 0.626. The molecular weight excluding hydrogens is 556 g/mol. The Morgan fingerprint density at radius 3 is 2.41 bits per heavy atom. The molecule has 2 amide bonds. The quantitative estimate of drug-likeness (QED) is 0.394. The first kappa shape index (κ1) is 31.9. The van der Waals surface area contributed by atoms with Crippen molar-refractivity contribution in [2.24, 2.45) is 5.92 Å². The molecule has 4 rings (SSSR count). The monoisotopic (exact) mass is 604 g/mol. The van der Waals surface area contributed by atoms with Crippen LogP contribution in [0.1, 0.15) is 84.1 Å². The van der Waals surface area contributed by atoms with E-state index in [9.17, 15) is 13.8 Å². The molecule has 3 fully saturated rings. The van der Waals surface area contributed by atoms with Crippen molar-refractivity contribution in [3.8, 4) is 0 Å². The van der Waals surface area contributed by atoms with E-state index < -0.39 is 28.5 Å². The first-order chi connectivity index (χ1) is 19.6. The lowest BCUT2D eigenvalue weighted by Crippen LogP contribution is -2.55. The second kappa shape index (κ2) is 14.9. The molecule has 228 valence electrons. The van der Waals surface area contributed by atoms with E-state index in [0.717, 1.165) is 45.3 Å². The van der Waals surface area contributed by atoms with Crippen LogP contribution in [0.3, 0.4) is 0 Å². The third-order valence-electron chi connectivity index (χ3n) is 8.34. The molecule has 0 radical (unpaired) electrons. The predicted octanol–water partition coefficient (Wildman–Crippen LogP) is 4.74. The molecule has 0 aromatic heterocycles. The number of hydrogen-bond acceptors (Lipinski definition) is 6. The summed E-state index contributed by atoms with van der Waals surface area (Å²) in [6.45, 7) is 8.29. The molecule has 1 aromatic rings. The highest BCUT2D eigenvalue weighted by atomic mass is 32.2. The van der Waals surface area contributed by atoms with E-state index in [1.54, 1.807) is 20.8 Å². The molecule has 1 aromatic carbocycles. The van der Waals surface area contributed by atoms with Crippen molar-refractivity contribution in [3.63, 3.8) is 0 Å². The zero-order valence-electron chi connectivity index (χ0n) is 24.9. The number of likely N-dealkylation sites (tertiary alicyclic amines) is 1. The number of nitrogens with zero attached hydrogens (tertiary/aromatic N) is 2. The zero-order chi connectivity index (χ0) is 29.4. The molecule has 0 spiro atoms. The maximum Gasteiger partial charge on any atom is 0.411 e. The number of nitrogens with one attached hydrogen (secondary N) is 2. The summed E-state index contributed by atoms with van der Waals surface area (Å²) in [6.07, 6.45) is 9.45. The molecular formula is C31H48N4O4S2. The fraction of sp³-hybridized carbons (Fsp3) is 0.710. The molecule has 2 saturated heterocycles. The van der Waals surface area contributed by atoms with Crippen molar-refractivity contribution >= 4 is 40.0 Å². The van der Waals surface area contributed by atoms with Crippen LogP contribution in [0.15, 0.2) is 30.3 Å². The summed E-state index contributed by atoms with van der Waals surface area (Å²) in [6, 6.07) is 9.67. The Bertz CT molecular complexity index is 1050. The van der Waals surface area contributed by atoms with Gasteiger partial charge in [-0.1, -0.05) is 74.7 Å². The summed E-state index contributed by atoms with van der Waals surface area (Å²) in [5, 5.41) is 6.75. The number of benzene rings is 1. The van der Waals surface area contributed by atoms with Gasteiger partial charge in [0.25, 0.3) is 0 Å². The number of rotatable bonds is 9. The molecule has 0 bridgehead atoms. The molecule has 3 aliphatic rings. The van der Waals surface area contributed by atoms with Crippen LogP contribution >= 0.6 is 12.2 Å². The van der Waals surface area contributed by atoms with Gasteiger partial charge in [-0.2, -0.15) is 0 Å². The normalized spacial score (nSPS) is 23.6. The van der Waals surface area contributed by atoms with Gasteiger partial charge in [0, 0.05) is 36.5 Å². The Kier molecular flexibility index (Phi) is 11.6. The van der Waals surface area contributed by atoms with Crippen LogP contribution in [0.4, 0.5) is 4.79 Å². The van der Waals surface area contributed by atoms with Gasteiger partial charge in [-0.3, -0.25) is 18.8 Å². The second-order valence-electron chi connectivity index (χ2n) is 12.9. The molecule has 1 aliphatic carbocycles. The standard InChI is InChI=1S/C31H48N4O4S2/c1-31(2,3)39-30(37)35-22-41(38)21-27(35)28(36)33-26(15-14-23-10-6-4-7-11-23)29(40)32-25-16-18-34(19-17-25)20-24-12-8-5-9-13-24/h5,8-9,12-13,23,25-27H,4,6-7,10-11,14-22H2,1-3H3,(H,32,40)(H,33,36)/t26-,27+,41?/m1/s1. The highest BCUT2D eigenvalue weighted by Crippen LogP contribution is 2.28. The van der Waals surface area contributed by atoms with E-state index in [-0.39, 0.29) is 29.6 Å². The lowest BCUT2D eigenvalue weighted by Gasteiger charge is -2.34. The van der Waals surface area contributed by atoms with Crippen molar-refractivity contribution < 1.29 is 18.5 Å². The minimum Gasteiger partial charge on any atom is -0.444 e. The Hall–Kier alpha value is -2.04. The molecule has 2 aliphatic heterocycles. The van der Waals surface area contributed by atoms with Gasteiger partial charge in [0.15, 0.2) is 0 Å². The van der Waals surface area contributed by atoms with Crippen LogP contribution in [-0.2, 0) is 26.9 Å². The van der Waals surface area contributed by atoms with Crippen LogP contribution in [0.25, 0.3) is 0 Å². The highest BCUT2D eigenvalue weighted by Gasteiger charge is 2.41. The Labute approximate surface area is 253 Å². The van der Waals surface area contributed by atoms with Crippen LogP contribution < -0.4 is 10.6 Å². The first-order valence-electron chi connectivity index (χ1n) is 15.3. The maximum absolute atomic E-state index is 13.6. The number of amides is 2. The van der Waals surface area contributed by atoms with E-state index in [1.165, 1.54) is 42.6 Å². The predicted molar refractivity (Wildman–Crippen MR) is 168 cm³/mol.